The van der Waals surface area contributed by atoms with Gasteiger partial charge in [-0.1, -0.05) is 17.7 Å². The van der Waals surface area contributed by atoms with Gasteiger partial charge >= 0.3 is 0 Å². The molecule has 3 rings (SSSR count). The van der Waals surface area contributed by atoms with Crippen molar-refractivity contribution in [3.05, 3.63) is 63.9 Å². The number of carbonyl (C=O) groups excluding carboxylic acids is 1. The summed E-state index contributed by atoms with van der Waals surface area (Å²) in [6, 6.07) is 12.9. The summed E-state index contributed by atoms with van der Waals surface area (Å²) in [6.45, 7) is 1.99. The number of amides is 1. The second-order valence-corrected chi connectivity index (χ2v) is 6.33. The SMILES string of the molecule is COc1cc2cc(CCC(=O)Nc3ccc(C)cc3)c(=O)[nH]c2cc1OC. The monoisotopic (exact) mass is 366 g/mol. The molecule has 2 aromatic carbocycles. The summed E-state index contributed by atoms with van der Waals surface area (Å²) in [6.07, 6.45) is 0.563. The molecule has 1 aromatic heterocycles. The van der Waals surface area contributed by atoms with E-state index in [1.54, 1.807) is 32.4 Å². The number of aromatic nitrogens is 1. The number of hydrogen-bond acceptors (Lipinski definition) is 4. The fourth-order valence-electron chi connectivity index (χ4n) is 2.87. The van der Waals surface area contributed by atoms with E-state index in [0.29, 0.717) is 29.0 Å². The molecule has 0 aliphatic heterocycles. The predicted octanol–water partition coefficient (Wildman–Crippen LogP) is 3.43. The highest BCUT2D eigenvalue weighted by atomic mass is 16.5. The van der Waals surface area contributed by atoms with Crippen LogP contribution < -0.4 is 20.3 Å². The molecule has 6 nitrogen and oxygen atoms in total. The molecule has 0 unspecified atom stereocenters. The lowest BCUT2D eigenvalue weighted by Crippen LogP contribution is -2.17. The van der Waals surface area contributed by atoms with Crippen LogP contribution in [0.4, 0.5) is 5.69 Å². The van der Waals surface area contributed by atoms with E-state index in [1.807, 2.05) is 31.2 Å². The third kappa shape index (κ3) is 4.28. The van der Waals surface area contributed by atoms with Crippen molar-refractivity contribution in [2.24, 2.45) is 0 Å². The van der Waals surface area contributed by atoms with Crippen LogP contribution in [0.1, 0.15) is 17.5 Å². The fraction of sp³-hybridized carbons (Fsp3) is 0.238. The number of hydrogen-bond donors (Lipinski definition) is 2. The van der Waals surface area contributed by atoms with Gasteiger partial charge in [-0.05, 0) is 37.6 Å². The van der Waals surface area contributed by atoms with Gasteiger partial charge in [0, 0.05) is 29.1 Å². The zero-order valence-corrected chi connectivity index (χ0v) is 15.6. The summed E-state index contributed by atoms with van der Waals surface area (Å²) < 4.78 is 10.6. The molecule has 27 heavy (non-hydrogen) atoms. The number of nitrogens with one attached hydrogen (secondary N) is 2. The average molecular weight is 366 g/mol. The Labute approximate surface area is 157 Å². The second kappa shape index (κ2) is 7.95. The van der Waals surface area contributed by atoms with Crippen LogP contribution in [0, 0.1) is 6.92 Å². The maximum absolute atomic E-state index is 12.3. The summed E-state index contributed by atoms with van der Waals surface area (Å²) in [5.41, 5.74) is 2.87. The molecule has 3 aromatic rings. The Bertz CT molecular complexity index is 1020. The van der Waals surface area contributed by atoms with Crippen LogP contribution in [0.25, 0.3) is 10.9 Å². The van der Waals surface area contributed by atoms with Crippen molar-refractivity contribution in [2.45, 2.75) is 19.8 Å². The molecule has 0 fully saturated rings. The van der Waals surface area contributed by atoms with E-state index >= 15 is 0 Å². The molecule has 1 amide bonds. The number of aryl methyl sites for hydroxylation is 2. The van der Waals surface area contributed by atoms with Crippen LogP contribution in [-0.2, 0) is 11.2 Å². The number of pyridine rings is 1. The first-order valence-corrected chi connectivity index (χ1v) is 8.64. The van der Waals surface area contributed by atoms with Gasteiger partial charge in [0.15, 0.2) is 11.5 Å². The number of benzene rings is 2. The average Bonchev–Trinajstić information content (AvgIpc) is 2.67. The molecule has 0 aliphatic carbocycles. The van der Waals surface area contributed by atoms with Crippen LogP contribution in [0.3, 0.4) is 0 Å². The Morgan fingerprint density at radius 2 is 1.70 bits per heavy atom. The topological polar surface area (TPSA) is 80.4 Å². The number of rotatable bonds is 6. The highest BCUT2D eigenvalue weighted by Crippen LogP contribution is 2.31. The molecule has 0 bridgehead atoms. The van der Waals surface area contributed by atoms with Crippen LogP contribution in [-0.4, -0.2) is 25.1 Å². The van der Waals surface area contributed by atoms with Crippen molar-refractivity contribution in [1.82, 2.24) is 4.98 Å². The summed E-state index contributed by atoms with van der Waals surface area (Å²) in [5.74, 6) is 0.997. The first-order valence-electron chi connectivity index (χ1n) is 8.64. The lowest BCUT2D eigenvalue weighted by atomic mass is 10.1. The van der Waals surface area contributed by atoms with Gasteiger partial charge in [0.1, 0.15) is 0 Å². The zero-order valence-electron chi connectivity index (χ0n) is 15.6. The smallest absolute Gasteiger partial charge is 0.251 e. The van der Waals surface area contributed by atoms with Gasteiger partial charge in [0.05, 0.1) is 19.7 Å². The van der Waals surface area contributed by atoms with Crippen molar-refractivity contribution < 1.29 is 14.3 Å². The summed E-state index contributed by atoms with van der Waals surface area (Å²) >= 11 is 0. The zero-order chi connectivity index (χ0) is 19.4. The molecule has 2 N–H and O–H groups in total. The lowest BCUT2D eigenvalue weighted by Gasteiger charge is -2.10. The number of ether oxygens (including phenoxy) is 2. The third-order valence-electron chi connectivity index (χ3n) is 4.38. The number of H-pyrrole nitrogens is 1. The van der Waals surface area contributed by atoms with Crippen molar-refractivity contribution >= 4 is 22.5 Å². The first kappa shape index (κ1) is 18.5. The van der Waals surface area contributed by atoms with Gasteiger partial charge in [0.2, 0.25) is 5.91 Å². The van der Waals surface area contributed by atoms with Gasteiger partial charge in [-0.3, -0.25) is 9.59 Å². The maximum atomic E-state index is 12.3. The number of fused-ring (bicyclic) bond motifs is 1. The number of aromatic amines is 1. The summed E-state index contributed by atoms with van der Waals surface area (Å²) in [4.78, 5) is 27.3. The summed E-state index contributed by atoms with van der Waals surface area (Å²) in [7, 11) is 3.11. The van der Waals surface area contributed by atoms with Crippen molar-refractivity contribution in [3.8, 4) is 11.5 Å². The maximum Gasteiger partial charge on any atom is 0.251 e. The van der Waals surface area contributed by atoms with Gasteiger partial charge < -0.3 is 19.8 Å². The van der Waals surface area contributed by atoms with Crippen molar-refractivity contribution in [3.63, 3.8) is 0 Å². The van der Waals surface area contributed by atoms with Crippen molar-refractivity contribution in [2.75, 3.05) is 19.5 Å². The van der Waals surface area contributed by atoms with E-state index in [0.717, 1.165) is 16.6 Å². The molecule has 0 saturated carbocycles. The van der Waals surface area contributed by atoms with Crippen molar-refractivity contribution in [1.29, 1.82) is 0 Å². The molecule has 0 radical (unpaired) electrons. The minimum atomic E-state index is -0.210. The molecule has 140 valence electrons. The molecule has 0 saturated heterocycles. The minimum absolute atomic E-state index is 0.134. The first-order chi connectivity index (χ1) is 13.0. The molecular weight excluding hydrogens is 344 g/mol. The van der Waals surface area contributed by atoms with Gasteiger partial charge in [-0.15, -0.1) is 0 Å². The van der Waals surface area contributed by atoms with E-state index in [2.05, 4.69) is 10.3 Å². The van der Waals surface area contributed by atoms with Crippen LogP contribution in [0.15, 0.2) is 47.3 Å². The Balaban J connectivity index is 1.76. The normalized spacial score (nSPS) is 10.6. The van der Waals surface area contributed by atoms with Gasteiger partial charge in [-0.2, -0.15) is 0 Å². The Hall–Kier alpha value is -3.28. The van der Waals surface area contributed by atoms with Crippen LogP contribution in [0.2, 0.25) is 0 Å². The number of carbonyl (C=O) groups is 1. The van der Waals surface area contributed by atoms with Gasteiger partial charge in [0.25, 0.3) is 5.56 Å². The Morgan fingerprint density at radius 3 is 2.37 bits per heavy atom. The second-order valence-electron chi connectivity index (χ2n) is 6.33. The van der Waals surface area contributed by atoms with E-state index in [-0.39, 0.29) is 17.9 Å². The quantitative estimate of drug-likeness (QED) is 0.700. The highest BCUT2D eigenvalue weighted by Gasteiger charge is 2.11. The molecule has 0 aliphatic rings. The lowest BCUT2D eigenvalue weighted by molar-refractivity contribution is -0.116. The Morgan fingerprint density at radius 1 is 1.04 bits per heavy atom. The minimum Gasteiger partial charge on any atom is -0.493 e. The molecule has 6 heteroatoms. The molecular formula is C21H22N2O4. The Kier molecular flexibility index (Phi) is 5.45. The summed E-state index contributed by atoms with van der Waals surface area (Å²) in [5, 5.41) is 3.66. The van der Waals surface area contributed by atoms with E-state index in [1.165, 1.54) is 0 Å². The van der Waals surface area contributed by atoms with E-state index < -0.39 is 0 Å². The number of anilines is 1. The molecule has 0 atom stereocenters. The number of methoxy groups -OCH3 is 2. The highest BCUT2D eigenvalue weighted by molar-refractivity contribution is 5.91. The fourth-order valence-corrected chi connectivity index (χ4v) is 2.87. The predicted molar refractivity (Wildman–Crippen MR) is 106 cm³/mol. The van der Waals surface area contributed by atoms with Crippen LogP contribution >= 0.6 is 0 Å². The largest absolute Gasteiger partial charge is 0.493 e. The molecule has 0 spiro atoms. The molecule has 1 heterocycles. The standard InChI is InChI=1S/C21H22N2O4/c1-13-4-7-16(8-5-13)22-20(24)9-6-14-10-15-11-18(26-2)19(27-3)12-17(15)23-21(14)25/h4-5,7-8,10-12H,6,9H2,1-3H3,(H,22,24)(H,23,25). The third-order valence-corrected chi connectivity index (χ3v) is 4.38. The van der Waals surface area contributed by atoms with E-state index in [4.69, 9.17) is 9.47 Å². The van der Waals surface area contributed by atoms with Crippen LogP contribution in [0.5, 0.6) is 11.5 Å². The van der Waals surface area contributed by atoms with E-state index in [9.17, 15) is 9.59 Å². The van der Waals surface area contributed by atoms with Gasteiger partial charge in [-0.25, -0.2) is 0 Å².